The van der Waals surface area contributed by atoms with Crippen molar-refractivity contribution in [3.05, 3.63) is 100 Å². The molecule has 0 spiro atoms. The summed E-state index contributed by atoms with van der Waals surface area (Å²) in [5.74, 6) is 0.737. The average Bonchev–Trinajstić information content (AvgIpc) is 2.74. The molecule has 0 heterocycles. The molecular weight excluding hydrogens is 356 g/mol. The number of nitrogens with one attached hydrogen (secondary N) is 1. The van der Waals surface area contributed by atoms with Gasteiger partial charge >= 0.3 is 0 Å². The Morgan fingerprint density at radius 1 is 1.00 bits per heavy atom. The number of nitro benzene ring substituents is 1. The third-order valence-electron chi connectivity index (χ3n) is 4.56. The van der Waals surface area contributed by atoms with Gasteiger partial charge in [-0.3, -0.25) is 10.1 Å². The minimum Gasteiger partial charge on any atom is -0.497 e. The van der Waals surface area contributed by atoms with E-state index in [-0.39, 0.29) is 11.7 Å². The van der Waals surface area contributed by atoms with Crippen molar-refractivity contribution in [3.8, 4) is 5.75 Å². The maximum Gasteiger partial charge on any atom is 0.271 e. The van der Waals surface area contributed by atoms with Crippen LogP contribution in [0.15, 0.2) is 78.9 Å². The highest BCUT2D eigenvalue weighted by molar-refractivity contribution is 5.52. The molecule has 0 fully saturated rings. The van der Waals surface area contributed by atoms with Crippen LogP contribution in [0.4, 0.5) is 11.4 Å². The summed E-state index contributed by atoms with van der Waals surface area (Å²) in [5.41, 5.74) is 2.40. The third-order valence-corrected chi connectivity index (χ3v) is 4.56. The van der Waals surface area contributed by atoms with Crippen molar-refractivity contribution in [1.82, 2.24) is 0 Å². The lowest BCUT2D eigenvalue weighted by Gasteiger charge is -2.24. The second kappa shape index (κ2) is 9.01. The number of hydrogen-bond donors (Lipinski definition) is 2. The molecule has 0 aromatic heterocycles. The molecule has 0 aliphatic rings. The number of non-ortho nitro benzene ring substituents is 1. The van der Waals surface area contributed by atoms with E-state index in [1.54, 1.807) is 19.2 Å². The Morgan fingerprint density at radius 2 is 1.71 bits per heavy atom. The van der Waals surface area contributed by atoms with Gasteiger partial charge in [0.05, 0.1) is 24.2 Å². The van der Waals surface area contributed by atoms with E-state index >= 15 is 0 Å². The van der Waals surface area contributed by atoms with E-state index in [2.05, 4.69) is 5.32 Å². The van der Waals surface area contributed by atoms with E-state index in [9.17, 15) is 15.2 Å². The summed E-state index contributed by atoms with van der Waals surface area (Å²) >= 11 is 0. The number of hydrogen-bond acceptors (Lipinski definition) is 5. The van der Waals surface area contributed by atoms with E-state index in [4.69, 9.17) is 4.74 Å². The van der Waals surface area contributed by atoms with E-state index in [1.807, 2.05) is 54.6 Å². The molecule has 2 atom stereocenters. The molecule has 28 heavy (non-hydrogen) atoms. The molecule has 2 unspecified atom stereocenters. The Hall–Kier alpha value is -3.38. The molecule has 3 rings (SSSR count). The fourth-order valence-corrected chi connectivity index (χ4v) is 3.06. The number of ether oxygens (including phenoxy) is 1. The highest BCUT2D eigenvalue weighted by Crippen LogP contribution is 2.31. The molecular formula is C22H22N2O4. The monoisotopic (exact) mass is 378 g/mol. The molecule has 6 nitrogen and oxygen atoms in total. The van der Waals surface area contributed by atoms with Gasteiger partial charge in [0.1, 0.15) is 5.75 Å². The summed E-state index contributed by atoms with van der Waals surface area (Å²) in [5, 5.41) is 25.1. The van der Waals surface area contributed by atoms with Crippen LogP contribution in [-0.4, -0.2) is 17.1 Å². The largest absolute Gasteiger partial charge is 0.497 e. The van der Waals surface area contributed by atoms with Gasteiger partial charge in [0.2, 0.25) is 0 Å². The molecule has 0 amide bonds. The average molecular weight is 378 g/mol. The van der Waals surface area contributed by atoms with Crippen molar-refractivity contribution in [2.45, 2.75) is 18.6 Å². The summed E-state index contributed by atoms with van der Waals surface area (Å²) in [4.78, 5) is 10.6. The Balaban J connectivity index is 1.87. The predicted octanol–water partition coefficient (Wildman–Crippen LogP) is 4.88. The van der Waals surface area contributed by atoms with Crippen LogP contribution in [0.25, 0.3) is 0 Å². The first-order chi connectivity index (χ1) is 13.6. The molecule has 0 radical (unpaired) electrons. The predicted molar refractivity (Wildman–Crippen MR) is 108 cm³/mol. The van der Waals surface area contributed by atoms with Crippen LogP contribution in [0, 0.1) is 10.1 Å². The topological polar surface area (TPSA) is 84.6 Å². The van der Waals surface area contributed by atoms with E-state index in [0.29, 0.717) is 12.1 Å². The van der Waals surface area contributed by atoms with Gasteiger partial charge in [-0.25, -0.2) is 0 Å². The van der Waals surface area contributed by atoms with Gasteiger partial charge in [-0.1, -0.05) is 48.5 Å². The summed E-state index contributed by atoms with van der Waals surface area (Å²) in [7, 11) is 1.60. The molecule has 6 heteroatoms. The van der Waals surface area contributed by atoms with Crippen LogP contribution in [0.3, 0.4) is 0 Å². The van der Waals surface area contributed by atoms with Crippen molar-refractivity contribution in [2.75, 3.05) is 12.4 Å². The van der Waals surface area contributed by atoms with Crippen molar-refractivity contribution >= 4 is 11.4 Å². The second-order valence-corrected chi connectivity index (χ2v) is 6.44. The number of aliphatic hydroxyl groups excluding tert-OH is 1. The molecule has 0 bridgehead atoms. The van der Waals surface area contributed by atoms with Crippen LogP contribution in [0.5, 0.6) is 5.75 Å². The maximum atomic E-state index is 11.1. The zero-order chi connectivity index (χ0) is 19.9. The summed E-state index contributed by atoms with van der Waals surface area (Å²) in [6.07, 6.45) is -0.279. The van der Waals surface area contributed by atoms with Crippen LogP contribution in [0.1, 0.15) is 29.7 Å². The highest BCUT2D eigenvalue weighted by Gasteiger charge is 2.19. The zero-order valence-electron chi connectivity index (χ0n) is 15.5. The Morgan fingerprint density at radius 3 is 2.36 bits per heavy atom. The minimum absolute atomic E-state index is 0.0158. The van der Waals surface area contributed by atoms with E-state index in [1.165, 1.54) is 12.1 Å². The quantitative estimate of drug-likeness (QED) is 0.431. The smallest absolute Gasteiger partial charge is 0.271 e. The van der Waals surface area contributed by atoms with Gasteiger partial charge in [0.15, 0.2) is 0 Å². The summed E-state index contributed by atoms with van der Waals surface area (Å²) < 4.78 is 5.21. The van der Waals surface area contributed by atoms with Crippen LogP contribution in [-0.2, 0) is 0 Å². The number of nitro groups is 1. The maximum absolute atomic E-state index is 11.1. The lowest BCUT2D eigenvalue weighted by molar-refractivity contribution is -0.384. The third kappa shape index (κ3) is 4.86. The highest BCUT2D eigenvalue weighted by atomic mass is 16.6. The lowest BCUT2D eigenvalue weighted by atomic mass is 9.96. The molecule has 0 aliphatic carbocycles. The molecule has 3 aromatic rings. The SMILES string of the molecule is COc1ccc(C(CC(O)c2ccccc2)Nc2cccc([N+](=O)[O-])c2)cc1. The number of aliphatic hydroxyl groups is 1. The Kier molecular flexibility index (Phi) is 6.24. The standard InChI is InChI=1S/C22H22N2O4/c1-28-20-12-10-16(11-13-20)21(15-22(25)17-6-3-2-4-7-17)23-18-8-5-9-19(14-18)24(26)27/h2-14,21-23,25H,15H2,1H3. The first kappa shape index (κ1) is 19.4. The van der Waals surface area contributed by atoms with Crippen molar-refractivity contribution in [1.29, 1.82) is 0 Å². The Labute approximate surface area is 163 Å². The van der Waals surface area contributed by atoms with Crippen molar-refractivity contribution < 1.29 is 14.8 Å². The van der Waals surface area contributed by atoms with Gasteiger partial charge in [-0.15, -0.1) is 0 Å². The Bertz CT molecular complexity index is 913. The molecule has 2 N–H and O–H groups in total. The molecule has 0 aliphatic heterocycles. The summed E-state index contributed by atoms with van der Waals surface area (Å²) in [6.45, 7) is 0. The number of methoxy groups -OCH3 is 1. The number of nitrogens with zero attached hydrogens (tertiary/aromatic N) is 1. The van der Waals surface area contributed by atoms with E-state index in [0.717, 1.165) is 16.9 Å². The molecule has 0 saturated carbocycles. The number of anilines is 1. The lowest BCUT2D eigenvalue weighted by Crippen LogP contribution is -2.15. The number of benzene rings is 3. The summed E-state index contributed by atoms with van der Waals surface area (Å²) in [6, 6.07) is 23.1. The van der Waals surface area contributed by atoms with Crippen LogP contribution < -0.4 is 10.1 Å². The first-order valence-corrected chi connectivity index (χ1v) is 8.95. The fraction of sp³-hybridized carbons (Fsp3) is 0.182. The van der Waals surface area contributed by atoms with Crippen LogP contribution in [0.2, 0.25) is 0 Å². The second-order valence-electron chi connectivity index (χ2n) is 6.44. The fourth-order valence-electron chi connectivity index (χ4n) is 3.06. The van der Waals surface area contributed by atoms with Crippen molar-refractivity contribution in [3.63, 3.8) is 0 Å². The first-order valence-electron chi connectivity index (χ1n) is 8.95. The van der Waals surface area contributed by atoms with Gasteiger partial charge in [-0.2, -0.15) is 0 Å². The van der Waals surface area contributed by atoms with Crippen LogP contribution >= 0.6 is 0 Å². The molecule has 144 valence electrons. The van der Waals surface area contributed by atoms with Crippen molar-refractivity contribution in [2.24, 2.45) is 0 Å². The zero-order valence-corrected chi connectivity index (χ0v) is 15.5. The molecule has 3 aromatic carbocycles. The number of rotatable bonds is 8. The normalized spacial score (nSPS) is 12.8. The van der Waals surface area contributed by atoms with E-state index < -0.39 is 11.0 Å². The van der Waals surface area contributed by atoms with Gasteiger partial charge in [0, 0.05) is 24.2 Å². The van der Waals surface area contributed by atoms with Gasteiger partial charge < -0.3 is 15.2 Å². The van der Waals surface area contributed by atoms with Gasteiger partial charge in [0.25, 0.3) is 5.69 Å². The molecule has 0 saturated heterocycles. The minimum atomic E-state index is -0.681. The van der Waals surface area contributed by atoms with Gasteiger partial charge in [-0.05, 0) is 29.3 Å².